The highest BCUT2D eigenvalue weighted by molar-refractivity contribution is 6.32. The molecular weight excluding hydrogens is 384 g/mol. The zero-order chi connectivity index (χ0) is 20.4. The zero-order valence-corrected chi connectivity index (χ0v) is 17.2. The van der Waals surface area contributed by atoms with Crippen molar-refractivity contribution in [2.24, 2.45) is 0 Å². The second kappa shape index (κ2) is 8.55. The number of hydrogen-bond donors (Lipinski definition) is 3. The fraction of sp³-hybridized carbons (Fsp3) is 0.650. The molecule has 1 aromatic carbocycles. The predicted molar refractivity (Wildman–Crippen MR) is 105 cm³/mol. The zero-order valence-electron chi connectivity index (χ0n) is 16.4. The molecule has 0 aliphatic carbocycles. The molecule has 2 fully saturated rings. The number of rotatable bonds is 5. The van der Waals surface area contributed by atoms with E-state index in [9.17, 15) is 15.0 Å². The van der Waals surface area contributed by atoms with E-state index in [4.69, 9.17) is 21.1 Å². The first kappa shape index (κ1) is 21.3. The van der Waals surface area contributed by atoms with Gasteiger partial charge >= 0.3 is 0 Å². The Morgan fingerprint density at radius 1 is 1.39 bits per heavy atom. The van der Waals surface area contributed by atoms with E-state index in [1.807, 2.05) is 13.0 Å². The molecule has 28 heavy (non-hydrogen) atoms. The summed E-state index contributed by atoms with van der Waals surface area (Å²) in [4.78, 5) is 14.3. The third kappa shape index (κ3) is 4.28. The Morgan fingerprint density at radius 3 is 2.79 bits per heavy atom. The Balaban J connectivity index is 1.64. The molecule has 2 aliphatic rings. The Morgan fingerprint density at radius 2 is 2.11 bits per heavy atom. The van der Waals surface area contributed by atoms with Crippen LogP contribution >= 0.6 is 11.6 Å². The molecule has 7 nitrogen and oxygen atoms in total. The van der Waals surface area contributed by atoms with Crippen molar-refractivity contribution in [3.05, 3.63) is 28.8 Å². The molecule has 3 N–H and O–H groups in total. The molecule has 1 amide bonds. The maximum Gasteiger partial charge on any atom is 0.246 e. The van der Waals surface area contributed by atoms with Crippen LogP contribution in [0.5, 0.6) is 5.75 Å². The van der Waals surface area contributed by atoms with Crippen LogP contribution in [0.3, 0.4) is 0 Å². The molecule has 2 heterocycles. The van der Waals surface area contributed by atoms with Crippen LogP contribution < -0.4 is 5.32 Å². The summed E-state index contributed by atoms with van der Waals surface area (Å²) in [6, 6.07) is 5.26. The lowest BCUT2D eigenvalue weighted by Crippen LogP contribution is -2.69. The van der Waals surface area contributed by atoms with Crippen molar-refractivity contribution >= 4 is 17.5 Å². The van der Waals surface area contributed by atoms with Crippen LogP contribution in [0.4, 0.5) is 0 Å². The highest BCUT2D eigenvalue weighted by atomic mass is 35.5. The number of piperidine rings is 1. The minimum Gasteiger partial charge on any atom is -0.506 e. The number of nitrogens with zero attached hydrogens (tertiary/aromatic N) is 1. The van der Waals surface area contributed by atoms with Crippen molar-refractivity contribution in [1.29, 1.82) is 0 Å². The summed E-state index contributed by atoms with van der Waals surface area (Å²) in [5, 5.41) is 24.2. The lowest BCUT2D eigenvalue weighted by molar-refractivity contribution is -0.208. The summed E-state index contributed by atoms with van der Waals surface area (Å²) in [6.07, 6.45) is 1.05. The van der Waals surface area contributed by atoms with E-state index >= 15 is 0 Å². The number of aromatic hydroxyl groups is 1. The monoisotopic (exact) mass is 412 g/mol. The maximum absolute atomic E-state index is 12.0. The third-order valence-electron chi connectivity index (χ3n) is 5.97. The molecular formula is C20H29ClN2O5. The number of aliphatic hydroxyl groups excluding tert-OH is 1. The summed E-state index contributed by atoms with van der Waals surface area (Å²) in [7, 11) is 1.47. The molecule has 2 aliphatic heterocycles. The number of likely N-dealkylation sites (tertiary alicyclic amines) is 1. The summed E-state index contributed by atoms with van der Waals surface area (Å²) >= 11 is 6.20. The van der Waals surface area contributed by atoms with Gasteiger partial charge in [0.25, 0.3) is 0 Å². The number of ether oxygens (including phenoxy) is 2. The average molecular weight is 413 g/mol. The number of hydrogen-bond acceptors (Lipinski definition) is 6. The van der Waals surface area contributed by atoms with E-state index < -0.39 is 17.2 Å². The summed E-state index contributed by atoms with van der Waals surface area (Å²) in [6.45, 7) is 4.40. The van der Waals surface area contributed by atoms with Crippen molar-refractivity contribution in [2.45, 2.75) is 50.0 Å². The van der Waals surface area contributed by atoms with E-state index in [2.05, 4.69) is 10.2 Å². The van der Waals surface area contributed by atoms with Gasteiger partial charge in [0.2, 0.25) is 5.91 Å². The summed E-state index contributed by atoms with van der Waals surface area (Å²) < 4.78 is 11.0. The van der Waals surface area contributed by atoms with Crippen molar-refractivity contribution in [2.75, 3.05) is 33.4 Å². The number of carbonyl (C=O) groups excluding carboxylic acids is 1. The average Bonchev–Trinajstić information content (AvgIpc) is 2.65. The lowest BCUT2D eigenvalue weighted by Gasteiger charge is -2.53. The Hall–Kier alpha value is -1.38. The standard InChI is InChI=1S/C20H29ClN2O5/c1-19(22-16(25)13-27-2)8-11-28-20(18(19)26)6-9-23(10-7-20)12-14-4-3-5-15(24)17(14)21/h3-5,18,24,26H,6-13H2,1-2H3,(H,22,25)/t18-,19+/m0/s1. The first-order valence-electron chi connectivity index (χ1n) is 9.60. The van der Waals surface area contributed by atoms with Crippen LogP contribution in [0.1, 0.15) is 31.7 Å². The fourth-order valence-electron chi connectivity index (χ4n) is 4.32. The SMILES string of the molecule is COCC(=O)N[C@]1(C)CCOC2(CCN(Cc3cccc(O)c3Cl)CC2)[C@H]1O. The number of carbonyl (C=O) groups is 1. The van der Waals surface area contributed by atoms with E-state index in [-0.39, 0.29) is 18.3 Å². The second-order valence-corrected chi connectivity index (χ2v) is 8.37. The molecule has 1 spiro atoms. The van der Waals surface area contributed by atoms with Gasteiger partial charge in [0, 0.05) is 33.4 Å². The largest absolute Gasteiger partial charge is 0.506 e. The van der Waals surface area contributed by atoms with Crippen LogP contribution in [-0.4, -0.2) is 71.7 Å². The van der Waals surface area contributed by atoms with Gasteiger partial charge in [-0.15, -0.1) is 0 Å². The molecule has 8 heteroatoms. The molecule has 1 aromatic rings. The maximum atomic E-state index is 12.0. The highest BCUT2D eigenvalue weighted by Crippen LogP contribution is 2.40. The molecule has 0 radical (unpaired) electrons. The van der Waals surface area contributed by atoms with Gasteiger partial charge in [0.1, 0.15) is 18.5 Å². The van der Waals surface area contributed by atoms with Gasteiger partial charge in [0.15, 0.2) is 0 Å². The molecule has 0 saturated carbocycles. The van der Waals surface area contributed by atoms with Crippen LogP contribution in [0.15, 0.2) is 18.2 Å². The number of phenols is 1. The molecule has 0 bridgehead atoms. The van der Waals surface area contributed by atoms with Crippen molar-refractivity contribution in [3.8, 4) is 5.75 Å². The molecule has 3 rings (SSSR count). The highest BCUT2D eigenvalue weighted by Gasteiger charge is 2.53. The van der Waals surface area contributed by atoms with Crippen molar-refractivity contribution in [3.63, 3.8) is 0 Å². The smallest absolute Gasteiger partial charge is 0.246 e. The number of methoxy groups -OCH3 is 1. The number of amides is 1. The first-order chi connectivity index (χ1) is 13.3. The Labute approximate surface area is 170 Å². The van der Waals surface area contributed by atoms with Gasteiger partial charge in [-0.3, -0.25) is 9.69 Å². The van der Waals surface area contributed by atoms with Crippen LogP contribution in [0, 0.1) is 0 Å². The molecule has 2 saturated heterocycles. The minimum absolute atomic E-state index is 0.0331. The van der Waals surface area contributed by atoms with E-state index in [1.54, 1.807) is 12.1 Å². The predicted octanol–water partition coefficient (Wildman–Crippen LogP) is 1.68. The van der Waals surface area contributed by atoms with Crippen molar-refractivity contribution < 1.29 is 24.5 Å². The first-order valence-corrected chi connectivity index (χ1v) is 9.98. The van der Waals surface area contributed by atoms with E-state index in [1.165, 1.54) is 7.11 Å². The van der Waals surface area contributed by atoms with E-state index in [0.717, 1.165) is 18.7 Å². The van der Waals surface area contributed by atoms with Crippen molar-refractivity contribution in [1.82, 2.24) is 10.2 Å². The lowest BCUT2D eigenvalue weighted by atomic mass is 9.73. The second-order valence-electron chi connectivity index (χ2n) is 7.99. The van der Waals surface area contributed by atoms with Gasteiger partial charge in [-0.2, -0.15) is 0 Å². The normalized spacial score (nSPS) is 27.6. The van der Waals surface area contributed by atoms with Gasteiger partial charge in [-0.1, -0.05) is 23.7 Å². The van der Waals surface area contributed by atoms with Gasteiger partial charge in [-0.05, 0) is 37.8 Å². The van der Waals surface area contributed by atoms with Crippen LogP contribution in [0.2, 0.25) is 5.02 Å². The van der Waals surface area contributed by atoms with Crippen LogP contribution in [0.25, 0.3) is 0 Å². The van der Waals surface area contributed by atoms with E-state index in [0.29, 0.717) is 37.4 Å². The number of aliphatic hydroxyl groups is 1. The number of nitrogens with one attached hydrogen (secondary N) is 1. The molecule has 2 atom stereocenters. The Bertz CT molecular complexity index is 708. The summed E-state index contributed by atoms with van der Waals surface area (Å²) in [5.74, 6) is -0.154. The fourth-order valence-corrected chi connectivity index (χ4v) is 4.50. The number of benzene rings is 1. The number of halogens is 1. The van der Waals surface area contributed by atoms with Gasteiger partial charge in [0.05, 0.1) is 16.2 Å². The van der Waals surface area contributed by atoms with Crippen LogP contribution in [-0.2, 0) is 20.8 Å². The minimum atomic E-state index is -0.805. The molecule has 0 aromatic heterocycles. The Kier molecular flexibility index (Phi) is 6.51. The third-order valence-corrected chi connectivity index (χ3v) is 6.40. The summed E-state index contributed by atoms with van der Waals surface area (Å²) in [5.41, 5.74) is -0.545. The van der Waals surface area contributed by atoms with Gasteiger partial charge in [-0.25, -0.2) is 0 Å². The van der Waals surface area contributed by atoms with Gasteiger partial charge < -0.3 is 25.0 Å². The molecule has 0 unspecified atom stereocenters. The number of phenolic OH excluding ortho intramolecular Hbond substituents is 1. The molecule has 156 valence electrons. The topological polar surface area (TPSA) is 91.3 Å². The quantitative estimate of drug-likeness (QED) is 0.681.